The second kappa shape index (κ2) is 3.02. The highest BCUT2D eigenvalue weighted by Crippen LogP contribution is 2.29. The van der Waals surface area contributed by atoms with Crippen LogP contribution in [0.15, 0.2) is 17.0 Å². The molecule has 4 heteroatoms. The molecule has 0 saturated carbocycles. The molecule has 0 atom stereocenters. The lowest BCUT2D eigenvalue weighted by atomic mass is 10.1. The molecule has 0 heterocycles. The van der Waals surface area contributed by atoms with E-state index in [1.54, 1.807) is 6.26 Å². The lowest BCUT2D eigenvalue weighted by molar-refractivity contribution is 0.670. The van der Waals surface area contributed by atoms with Crippen LogP contribution in [0.5, 0.6) is 0 Å². The van der Waals surface area contributed by atoms with Crippen LogP contribution in [0.4, 0.5) is 0 Å². The second-order valence-corrected chi connectivity index (χ2v) is 15.0. The zero-order chi connectivity index (χ0) is 11.2. The molecule has 0 aliphatic heterocycles. The molecule has 1 rings (SSSR count). The van der Waals surface area contributed by atoms with Crippen LogP contribution in [0.1, 0.15) is 16.7 Å². The van der Waals surface area contributed by atoms with Gasteiger partial charge in [-0.15, -0.1) is 0 Å². The zero-order valence-electron chi connectivity index (χ0n) is 9.55. The molecule has 0 saturated heterocycles. The second-order valence-electron chi connectivity index (χ2n) is 4.65. The zero-order valence-corrected chi connectivity index (χ0v) is 12.4. The first-order valence-corrected chi connectivity index (χ1v) is 9.87. The summed E-state index contributed by atoms with van der Waals surface area (Å²) in [5, 5.41) is 5.97. The van der Waals surface area contributed by atoms with E-state index >= 15 is 0 Å². The van der Waals surface area contributed by atoms with Crippen LogP contribution in [0.3, 0.4) is 0 Å². The third kappa shape index (κ3) is 2.32. The van der Waals surface area contributed by atoms with E-state index < -0.39 is 8.70 Å². The van der Waals surface area contributed by atoms with Gasteiger partial charge in [0.25, 0.3) is 0 Å². The standard InChI is InChI=1S/C10H19NOSSi/c1-7-5-8(2)10(9(3)6-7)13(4,11,12)14/h5-6H,1-4,14H3,(H2,11,12). The predicted octanol–water partition coefficient (Wildman–Crippen LogP) is 0.575. The molecular weight excluding hydrogens is 210 g/mol. The van der Waals surface area contributed by atoms with E-state index in [0.717, 1.165) is 16.0 Å². The monoisotopic (exact) mass is 229 g/mol. The van der Waals surface area contributed by atoms with Gasteiger partial charge in [0.1, 0.15) is 9.39 Å². The van der Waals surface area contributed by atoms with Gasteiger partial charge in [0, 0.05) is 11.2 Å². The fourth-order valence-electron chi connectivity index (χ4n) is 2.13. The number of hydrogen-bond donors (Lipinski definition) is 1. The van der Waals surface area contributed by atoms with Crippen LogP contribution in [0, 0.1) is 20.8 Å². The van der Waals surface area contributed by atoms with E-state index in [2.05, 4.69) is 0 Å². The predicted molar refractivity (Wildman–Crippen MR) is 67.1 cm³/mol. The molecule has 0 fully saturated rings. The van der Waals surface area contributed by atoms with Crippen LogP contribution < -0.4 is 5.14 Å². The Morgan fingerprint density at radius 3 is 1.86 bits per heavy atom. The maximum Gasteiger partial charge on any atom is 0.106 e. The van der Waals surface area contributed by atoms with E-state index in [1.807, 2.05) is 32.9 Å². The molecule has 0 unspecified atom stereocenters. The van der Waals surface area contributed by atoms with Crippen LogP contribution in [-0.2, 0) is 8.70 Å². The van der Waals surface area contributed by atoms with Crippen LogP contribution >= 0.6 is 0 Å². The Balaban J connectivity index is 3.61. The van der Waals surface area contributed by atoms with Crippen molar-refractivity contribution in [1.29, 1.82) is 0 Å². The molecule has 0 amide bonds. The highest BCUT2D eigenvalue weighted by atomic mass is 32.5. The van der Waals surface area contributed by atoms with Gasteiger partial charge in [-0.25, -0.2) is 0 Å². The summed E-state index contributed by atoms with van der Waals surface area (Å²) in [5.41, 5.74) is 3.31. The molecule has 1 aromatic rings. The SMILES string of the molecule is Cc1cc(C)c(S(C)(N)(=O)[SiH3])c(C)c1. The minimum absolute atomic E-state index is 0.500. The van der Waals surface area contributed by atoms with Crippen molar-refractivity contribution in [1.82, 2.24) is 0 Å². The third-order valence-corrected chi connectivity index (χ3v) is 5.30. The highest BCUT2D eigenvalue weighted by Gasteiger charge is 2.25. The highest BCUT2D eigenvalue weighted by molar-refractivity contribution is 8.35. The first-order chi connectivity index (χ1) is 6.08. The van der Waals surface area contributed by atoms with Crippen molar-refractivity contribution in [3.63, 3.8) is 0 Å². The first-order valence-electron chi connectivity index (χ1n) is 4.58. The molecule has 14 heavy (non-hydrogen) atoms. The Labute approximate surface area is 88.5 Å². The quantitative estimate of drug-likeness (QED) is 0.703. The molecule has 0 aromatic heterocycles. The van der Waals surface area contributed by atoms with Crippen molar-refractivity contribution in [2.45, 2.75) is 25.7 Å². The summed E-state index contributed by atoms with van der Waals surface area (Å²) >= 11 is 0. The molecule has 2 nitrogen and oxygen atoms in total. The lowest BCUT2D eigenvalue weighted by Crippen LogP contribution is -2.42. The largest absolute Gasteiger partial charge is 0.273 e. The average Bonchev–Trinajstić information content (AvgIpc) is 1.76. The molecule has 0 spiro atoms. The summed E-state index contributed by atoms with van der Waals surface area (Å²) in [7, 11) is -2.47. The van der Waals surface area contributed by atoms with E-state index in [0.29, 0.717) is 9.39 Å². The van der Waals surface area contributed by atoms with Gasteiger partial charge in [0.05, 0.1) is 0 Å². The molecular formula is C10H19NOSSi. The van der Waals surface area contributed by atoms with Crippen molar-refractivity contribution >= 4 is 18.1 Å². The maximum atomic E-state index is 12.4. The Hall–Kier alpha value is -0.453. The van der Waals surface area contributed by atoms with Gasteiger partial charge in [0.2, 0.25) is 0 Å². The Morgan fingerprint density at radius 2 is 1.57 bits per heavy atom. The topological polar surface area (TPSA) is 43.1 Å². The van der Waals surface area contributed by atoms with Crippen LogP contribution in [-0.4, -0.2) is 19.9 Å². The third-order valence-electron chi connectivity index (χ3n) is 2.21. The van der Waals surface area contributed by atoms with E-state index in [9.17, 15) is 4.21 Å². The number of benzene rings is 1. The summed E-state index contributed by atoms with van der Waals surface area (Å²) in [6, 6.07) is 4.09. The van der Waals surface area contributed by atoms with Gasteiger partial charge in [-0.05, 0) is 31.9 Å². The van der Waals surface area contributed by atoms with E-state index in [-0.39, 0.29) is 0 Å². The molecule has 0 radical (unpaired) electrons. The van der Waals surface area contributed by atoms with Gasteiger partial charge >= 0.3 is 0 Å². The van der Waals surface area contributed by atoms with Crippen molar-refractivity contribution in [3.05, 3.63) is 28.8 Å². The smallest absolute Gasteiger partial charge is 0.106 e. The molecule has 0 bridgehead atoms. The Bertz CT molecular complexity index is 413. The molecule has 80 valence electrons. The summed E-state index contributed by atoms with van der Waals surface area (Å²) in [6.45, 7) is 6.01. The molecule has 1 aromatic carbocycles. The Kier molecular flexibility index (Phi) is 2.50. The summed E-state index contributed by atoms with van der Waals surface area (Å²) < 4.78 is 12.4. The Morgan fingerprint density at radius 1 is 1.21 bits per heavy atom. The summed E-state index contributed by atoms with van der Waals surface area (Å²) in [6.07, 6.45) is 1.69. The fraction of sp³-hybridized carbons (Fsp3) is 0.400. The molecule has 2 N–H and O–H groups in total. The van der Waals surface area contributed by atoms with Crippen LogP contribution in [0.25, 0.3) is 0 Å². The van der Waals surface area contributed by atoms with Crippen molar-refractivity contribution < 1.29 is 4.21 Å². The van der Waals surface area contributed by atoms with Gasteiger partial charge in [0.15, 0.2) is 0 Å². The summed E-state index contributed by atoms with van der Waals surface area (Å²) in [4.78, 5) is 0.874. The maximum absolute atomic E-state index is 12.4. The molecule has 0 aliphatic carbocycles. The van der Waals surface area contributed by atoms with E-state index in [1.165, 1.54) is 5.56 Å². The normalized spacial score (nSPS) is 15.1. The summed E-state index contributed by atoms with van der Waals surface area (Å²) in [5.74, 6) is 0. The first kappa shape index (κ1) is 11.6. The van der Waals surface area contributed by atoms with E-state index in [4.69, 9.17) is 5.14 Å². The lowest BCUT2D eigenvalue weighted by Gasteiger charge is -2.33. The number of nitrogens with two attached hydrogens (primary N) is 1. The fourth-order valence-corrected chi connectivity index (χ4v) is 6.10. The van der Waals surface area contributed by atoms with Crippen molar-refractivity contribution in [2.75, 3.05) is 6.26 Å². The minimum atomic E-state index is -2.97. The average molecular weight is 229 g/mol. The number of aryl methyl sites for hydroxylation is 3. The number of hydrogen-bond acceptors (Lipinski definition) is 1. The van der Waals surface area contributed by atoms with Gasteiger partial charge in [-0.1, -0.05) is 26.4 Å². The van der Waals surface area contributed by atoms with Crippen LogP contribution in [0.2, 0.25) is 0 Å². The molecule has 0 aliphatic rings. The number of rotatable bonds is 1. The van der Waals surface area contributed by atoms with Crippen molar-refractivity contribution in [3.8, 4) is 0 Å². The van der Waals surface area contributed by atoms with Gasteiger partial charge in [-0.3, -0.25) is 9.35 Å². The van der Waals surface area contributed by atoms with Gasteiger partial charge in [-0.2, -0.15) is 0 Å². The van der Waals surface area contributed by atoms with Gasteiger partial charge < -0.3 is 0 Å². The minimum Gasteiger partial charge on any atom is -0.273 e. The van der Waals surface area contributed by atoms with Crippen molar-refractivity contribution in [2.24, 2.45) is 5.14 Å².